The van der Waals surface area contributed by atoms with Gasteiger partial charge in [-0.15, -0.1) is 0 Å². The number of aryl methyl sites for hydroxylation is 1. The van der Waals surface area contributed by atoms with Crippen molar-refractivity contribution < 1.29 is 4.79 Å². The summed E-state index contributed by atoms with van der Waals surface area (Å²) in [6, 6.07) is 1.68. The van der Waals surface area contributed by atoms with Gasteiger partial charge in [-0.2, -0.15) is 0 Å². The number of aromatic nitrogens is 3. The van der Waals surface area contributed by atoms with E-state index in [1.165, 1.54) is 30.3 Å². The van der Waals surface area contributed by atoms with Crippen LogP contribution in [0.5, 0.6) is 0 Å². The van der Waals surface area contributed by atoms with E-state index in [1.54, 1.807) is 7.05 Å². The number of nitrogens with one attached hydrogen (secondary N) is 1. The molecule has 2 aromatic rings. The zero-order chi connectivity index (χ0) is 17.4. The van der Waals surface area contributed by atoms with Crippen molar-refractivity contribution in [3.63, 3.8) is 0 Å². The van der Waals surface area contributed by atoms with E-state index < -0.39 is 11.2 Å². The number of hydrogen-bond acceptors (Lipinski definition) is 4. The van der Waals surface area contributed by atoms with Gasteiger partial charge in [-0.05, 0) is 24.8 Å². The van der Waals surface area contributed by atoms with Gasteiger partial charge in [0.2, 0.25) is 0 Å². The van der Waals surface area contributed by atoms with E-state index in [4.69, 9.17) is 0 Å². The zero-order valence-corrected chi connectivity index (χ0v) is 14.2. The molecule has 0 spiro atoms. The van der Waals surface area contributed by atoms with Gasteiger partial charge in [-0.25, -0.2) is 9.78 Å². The van der Waals surface area contributed by atoms with Gasteiger partial charge >= 0.3 is 5.69 Å². The van der Waals surface area contributed by atoms with Crippen LogP contribution >= 0.6 is 0 Å². The minimum atomic E-state index is -0.443. The molecule has 7 heteroatoms. The maximum atomic E-state index is 12.5. The molecule has 7 nitrogen and oxygen atoms in total. The Labute approximate surface area is 139 Å². The molecule has 0 aromatic carbocycles. The highest BCUT2D eigenvalue weighted by Gasteiger charge is 2.23. The molecule has 3 rings (SSSR count). The topological polar surface area (TPSA) is 86.0 Å². The molecular weight excluding hydrogens is 308 g/mol. The number of nitrogens with zero attached hydrogens (tertiary/aromatic N) is 3. The SMILES string of the molecule is C[C@@H]1CCCC[C@H]1NC(=O)c1cnc2c(c1)c(=O)n(C)c(=O)n2C. The van der Waals surface area contributed by atoms with Crippen LogP contribution in [0, 0.1) is 5.92 Å². The van der Waals surface area contributed by atoms with Gasteiger partial charge in [0.05, 0.1) is 10.9 Å². The molecule has 0 bridgehead atoms. The molecule has 0 saturated heterocycles. The maximum absolute atomic E-state index is 12.5. The Morgan fingerprint density at radius 2 is 1.92 bits per heavy atom. The van der Waals surface area contributed by atoms with Crippen molar-refractivity contribution in [2.45, 2.75) is 38.6 Å². The van der Waals surface area contributed by atoms with Gasteiger partial charge in [0.15, 0.2) is 0 Å². The second-order valence-corrected chi connectivity index (χ2v) is 6.64. The second-order valence-electron chi connectivity index (χ2n) is 6.64. The van der Waals surface area contributed by atoms with Gasteiger partial charge in [0, 0.05) is 26.3 Å². The summed E-state index contributed by atoms with van der Waals surface area (Å²) in [4.78, 5) is 40.9. The smallest absolute Gasteiger partial charge is 0.332 e. The van der Waals surface area contributed by atoms with Gasteiger partial charge < -0.3 is 5.32 Å². The molecule has 2 heterocycles. The fourth-order valence-corrected chi connectivity index (χ4v) is 3.37. The molecule has 1 fully saturated rings. The van der Waals surface area contributed by atoms with Gasteiger partial charge in [-0.1, -0.05) is 19.8 Å². The molecule has 1 aliphatic carbocycles. The Morgan fingerprint density at radius 1 is 1.21 bits per heavy atom. The first-order chi connectivity index (χ1) is 11.4. The Hall–Kier alpha value is -2.44. The summed E-state index contributed by atoms with van der Waals surface area (Å²) in [5.74, 6) is 0.226. The molecular formula is C17H22N4O3. The lowest BCUT2D eigenvalue weighted by Crippen LogP contribution is -2.41. The van der Waals surface area contributed by atoms with E-state index in [9.17, 15) is 14.4 Å². The normalized spacial score (nSPS) is 21.0. The lowest BCUT2D eigenvalue weighted by Gasteiger charge is -2.29. The van der Waals surface area contributed by atoms with Crippen LogP contribution in [0.15, 0.2) is 21.9 Å². The fraction of sp³-hybridized carbons (Fsp3) is 0.529. The number of amides is 1. The van der Waals surface area contributed by atoms with Crippen LogP contribution in [-0.2, 0) is 14.1 Å². The highest BCUT2D eigenvalue weighted by molar-refractivity contribution is 5.96. The minimum Gasteiger partial charge on any atom is -0.349 e. The monoisotopic (exact) mass is 330 g/mol. The highest BCUT2D eigenvalue weighted by Crippen LogP contribution is 2.24. The molecule has 1 amide bonds. The van der Waals surface area contributed by atoms with Crippen molar-refractivity contribution in [2.24, 2.45) is 20.0 Å². The Balaban J connectivity index is 1.97. The van der Waals surface area contributed by atoms with E-state index in [-0.39, 0.29) is 23.0 Å². The van der Waals surface area contributed by atoms with Crippen LogP contribution in [0.2, 0.25) is 0 Å². The number of pyridine rings is 1. The standard InChI is InChI=1S/C17H22N4O3/c1-10-6-4-5-7-13(10)19-15(22)11-8-12-14(18-9-11)20(2)17(24)21(3)16(12)23/h8-10,13H,4-7H2,1-3H3,(H,19,22)/t10-,13-/m1/s1. The predicted octanol–water partition coefficient (Wildman–Crippen LogP) is 0.941. The molecule has 0 unspecified atom stereocenters. The first-order valence-corrected chi connectivity index (χ1v) is 8.26. The third-order valence-electron chi connectivity index (χ3n) is 4.98. The van der Waals surface area contributed by atoms with Gasteiger partial charge in [0.1, 0.15) is 5.65 Å². The molecule has 2 aromatic heterocycles. The lowest BCUT2D eigenvalue weighted by molar-refractivity contribution is 0.0910. The Morgan fingerprint density at radius 3 is 2.62 bits per heavy atom. The van der Waals surface area contributed by atoms with Crippen molar-refractivity contribution in [3.05, 3.63) is 38.7 Å². The van der Waals surface area contributed by atoms with Crippen molar-refractivity contribution in [1.29, 1.82) is 0 Å². The summed E-state index contributed by atoms with van der Waals surface area (Å²) in [7, 11) is 2.97. The number of fused-ring (bicyclic) bond motifs is 1. The van der Waals surface area contributed by atoms with E-state index in [0.717, 1.165) is 23.8 Å². The van der Waals surface area contributed by atoms with Crippen molar-refractivity contribution >= 4 is 16.9 Å². The molecule has 0 radical (unpaired) electrons. The highest BCUT2D eigenvalue weighted by atomic mass is 16.2. The number of rotatable bonds is 2. The first-order valence-electron chi connectivity index (χ1n) is 8.26. The van der Waals surface area contributed by atoms with E-state index in [0.29, 0.717) is 11.5 Å². The average Bonchev–Trinajstić information content (AvgIpc) is 2.59. The Bertz CT molecular complexity index is 912. The van der Waals surface area contributed by atoms with E-state index in [1.807, 2.05) is 0 Å². The fourth-order valence-electron chi connectivity index (χ4n) is 3.37. The van der Waals surface area contributed by atoms with Crippen molar-refractivity contribution in [2.75, 3.05) is 0 Å². The second kappa shape index (κ2) is 6.22. The Kier molecular flexibility index (Phi) is 4.26. The van der Waals surface area contributed by atoms with Gasteiger partial charge in [-0.3, -0.25) is 18.7 Å². The summed E-state index contributed by atoms with van der Waals surface area (Å²) < 4.78 is 2.33. The van der Waals surface area contributed by atoms with E-state index in [2.05, 4.69) is 17.2 Å². The molecule has 2 atom stereocenters. The summed E-state index contributed by atoms with van der Waals surface area (Å²) in [6.45, 7) is 2.15. The number of hydrogen-bond donors (Lipinski definition) is 1. The third-order valence-corrected chi connectivity index (χ3v) is 4.98. The van der Waals surface area contributed by atoms with E-state index >= 15 is 0 Å². The zero-order valence-electron chi connectivity index (χ0n) is 14.2. The van der Waals surface area contributed by atoms with Crippen LogP contribution in [0.3, 0.4) is 0 Å². The van der Waals surface area contributed by atoms with Crippen LogP contribution in [0.4, 0.5) is 0 Å². The number of carbonyl (C=O) groups is 1. The van der Waals surface area contributed by atoms with Crippen LogP contribution in [-0.4, -0.2) is 26.1 Å². The molecule has 1 N–H and O–H groups in total. The molecule has 0 aliphatic heterocycles. The lowest BCUT2D eigenvalue weighted by atomic mass is 9.86. The third kappa shape index (κ3) is 2.74. The predicted molar refractivity (Wildman–Crippen MR) is 91.1 cm³/mol. The average molecular weight is 330 g/mol. The van der Waals surface area contributed by atoms with Crippen molar-refractivity contribution in [3.8, 4) is 0 Å². The minimum absolute atomic E-state index is 0.157. The summed E-state index contributed by atoms with van der Waals surface area (Å²) >= 11 is 0. The molecule has 24 heavy (non-hydrogen) atoms. The molecule has 1 saturated carbocycles. The summed E-state index contributed by atoms with van der Waals surface area (Å²) in [6.07, 6.45) is 5.83. The van der Waals surface area contributed by atoms with Gasteiger partial charge in [0.25, 0.3) is 11.5 Å². The molecule has 128 valence electrons. The van der Waals surface area contributed by atoms with Crippen LogP contribution in [0.1, 0.15) is 43.0 Å². The largest absolute Gasteiger partial charge is 0.349 e. The van der Waals surface area contributed by atoms with Crippen LogP contribution in [0.25, 0.3) is 11.0 Å². The van der Waals surface area contributed by atoms with Crippen molar-refractivity contribution in [1.82, 2.24) is 19.4 Å². The molecule has 1 aliphatic rings. The summed E-state index contributed by atoms with van der Waals surface area (Å²) in [5.41, 5.74) is -0.253. The van der Waals surface area contributed by atoms with Crippen LogP contribution < -0.4 is 16.6 Å². The number of carbonyl (C=O) groups excluding carboxylic acids is 1. The quantitative estimate of drug-likeness (QED) is 0.888. The maximum Gasteiger partial charge on any atom is 0.332 e. The summed E-state index contributed by atoms with van der Waals surface area (Å²) in [5, 5.41) is 3.32. The first kappa shape index (κ1) is 16.4.